The number of nitrogens with one attached hydrogen (secondary N) is 1. The van der Waals surface area contributed by atoms with Crippen LogP contribution < -0.4 is 5.32 Å². The van der Waals surface area contributed by atoms with E-state index in [0.29, 0.717) is 11.8 Å². The summed E-state index contributed by atoms with van der Waals surface area (Å²) >= 11 is 0. The molecular formula is C16H27NO3. The highest BCUT2D eigenvalue weighted by Crippen LogP contribution is 2.64. The molecule has 0 aliphatic heterocycles. The van der Waals surface area contributed by atoms with Crippen LogP contribution in [0, 0.1) is 23.2 Å². The summed E-state index contributed by atoms with van der Waals surface area (Å²) in [4.78, 5) is 23.5. The highest BCUT2D eigenvalue weighted by atomic mass is 16.6. The molecule has 3 aliphatic carbocycles. The molecule has 3 saturated carbocycles. The van der Waals surface area contributed by atoms with Crippen LogP contribution in [0.1, 0.15) is 54.4 Å². The zero-order valence-electron chi connectivity index (χ0n) is 13.4. The van der Waals surface area contributed by atoms with Gasteiger partial charge in [0.05, 0.1) is 5.54 Å². The molecule has 2 bridgehead atoms. The summed E-state index contributed by atoms with van der Waals surface area (Å²) in [5, 5.41) is 3.00. The van der Waals surface area contributed by atoms with Crippen LogP contribution in [0.2, 0.25) is 0 Å². The quantitative estimate of drug-likeness (QED) is 0.791. The number of aldehydes is 1. The van der Waals surface area contributed by atoms with Crippen LogP contribution >= 0.6 is 0 Å². The summed E-state index contributed by atoms with van der Waals surface area (Å²) in [5.74, 6) is 0.805. The Bertz CT molecular complexity index is 424. The van der Waals surface area contributed by atoms with Gasteiger partial charge in [0.25, 0.3) is 0 Å². The van der Waals surface area contributed by atoms with Crippen LogP contribution in [0.25, 0.3) is 0 Å². The zero-order chi connectivity index (χ0) is 15.3. The fraction of sp³-hybridized carbons (Fsp3) is 0.875. The Hall–Kier alpha value is -1.06. The second-order valence-electron chi connectivity index (χ2n) is 8.19. The van der Waals surface area contributed by atoms with Gasteiger partial charge >= 0.3 is 6.09 Å². The van der Waals surface area contributed by atoms with Gasteiger partial charge in [-0.25, -0.2) is 4.79 Å². The van der Waals surface area contributed by atoms with Crippen LogP contribution in [-0.4, -0.2) is 23.5 Å². The van der Waals surface area contributed by atoms with E-state index in [4.69, 9.17) is 4.74 Å². The van der Waals surface area contributed by atoms with E-state index in [1.165, 1.54) is 0 Å². The van der Waals surface area contributed by atoms with Gasteiger partial charge in [-0.1, -0.05) is 13.8 Å². The highest BCUT2D eigenvalue weighted by Gasteiger charge is 2.63. The molecule has 4 nitrogen and oxygen atoms in total. The Labute approximate surface area is 121 Å². The lowest BCUT2D eigenvalue weighted by Gasteiger charge is -2.66. The predicted octanol–water partition coefficient (Wildman–Crippen LogP) is 3.15. The molecule has 3 rings (SSSR count). The molecule has 114 valence electrons. The fourth-order valence-electron chi connectivity index (χ4n) is 4.14. The van der Waals surface area contributed by atoms with Crippen molar-refractivity contribution in [1.29, 1.82) is 0 Å². The van der Waals surface area contributed by atoms with E-state index in [1.54, 1.807) is 0 Å². The number of ether oxygens (including phenoxy) is 1. The SMILES string of the molecule is CC(C)(C)OC(=O)NC1(C)C(C=O)CC2CC1C2(C)C. The molecule has 4 heteroatoms. The van der Waals surface area contributed by atoms with Crippen LogP contribution in [0.5, 0.6) is 0 Å². The highest BCUT2D eigenvalue weighted by molar-refractivity contribution is 5.71. The number of fused-ring (bicyclic) bond motifs is 2. The summed E-state index contributed by atoms with van der Waals surface area (Å²) in [6, 6.07) is 0. The van der Waals surface area contributed by atoms with E-state index >= 15 is 0 Å². The van der Waals surface area contributed by atoms with Gasteiger partial charge in [0, 0.05) is 5.92 Å². The molecule has 0 heterocycles. The number of amides is 1. The standard InChI is InChI=1S/C16H27NO3/c1-14(2,3)20-13(19)17-16(6)11(9-18)7-10-8-12(16)15(10,4)5/h9-12H,7-8H2,1-6H3,(H,17,19). The number of rotatable bonds is 2. The van der Waals surface area contributed by atoms with E-state index in [0.717, 1.165) is 19.1 Å². The Morgan fingerprint density at radius 3 is 2.30 bits per heavy atom. The molecule has 4 unspecified atom stereocenters. The predicted molar refractivity (Wildman–Crippen MR) is 77.3 cm³/mol. The van der Waals surface area contributed by atoms with Crippen molar-refractivity contribution in [3.63, 3.8) is 0 Å². The molecular weight excluding hydrogens is 254 g/mol. The summed E-state index contributed by atoms with van der Waals surface area (Å²) in [5.41, 5.74) is -0.838. The molecule has 0 aromatic rings. The molecule has 0 spiro atoms. The Kier molecular flexibility index (Phi) is 3.43. The molecule has 0 radical (unpaired) electrons. The van der Waals surface area contributed by atoms with Gasteiger partial charge in [-0.3, -0.25) is 0 Å². The van der Waals surface area contributed by atoms with Crippen LogP contribution in [-0.2, 0) is 9.53 Å². The second-order valence-corrected chi connectivity index (χ2v) is 8.19. The largest absolute Gasteiger partial charge is 0.444 e. The van der Waals surface area contributed by atoms with Gasteiger partial charge in [0.1, 0.15) is 11.9 Å². The minimum Gasteiger partial charge on any atom is -0.444 e. The third-order valence-corrected chi connectivity index (χ3v) is 5.44. The molecule has 4 atom stereocenters. The molecule has 0 aromatic heterocycles. The lowest BCUT2D eigenvalue weighted by molar-refractivity contribution is -0.157. The number of hydrogen-bond acceptors (Lipinski definition) is 3. The number of carbonyl (C=O) groups excluding carboxylic acids is 2. The maximum Gasteiger partial charge on any atom is 0.408 e. The van der Waals surface area contributed by atoms with Gasteiger partial charge in [-0.2, -0.15) is 0 Å². The van der Waals surface area contributed by atoms with Crippen LogP contribution in [0.15, 0.2) is 0 Å². The van der Waals surface area contributed by atoms with Crippen molar-refractivity contribution in [2.24, 2.45) is 23.2 Å². The van der Waals surface area contributed by atoms with Gasteiger partial charge in [0.2, 0.25) is 0 Å². The first kappa shape index (κ1) is 15.3. The molecule has 1 amide bonds. The lowest BCUT2D eigenvalue weighted by Crippen LogP contribution is -2.71. The van der Waals surface area contributed by atoms with E-state index in [2.05, 4.69) is 19.2 Å². The molecule has 0 saturated heterocycles. The van der Waals surface area contributed by atoms with Gasteiger partial charge in [0.15, 0.2) is 0 Å². The molecule has 20 heavy (non-hydrogen) atoms. The Morgan fingerprint density at radius 1 is 1.25 bits per heavy atom. The van der Waals surface area contributed by atoms with Crippen molar-refractivity contribution in [2.75, 3.05) is 0 Å². The van der Waals surface area contributed by atoms with E-state index < -0.39 is 17.2 Å². The topological polar surface area (TPSA) is 55.4 Å². The third kappa shape index (κ3) is 2.33. The summed E-state index contributed by atoms with van der Waals surface area (Å²) in [6.45, 7) is 12.0. The van der Waals surface area contributed by atoms with E-state index in [-0.39, 0.29) is 11.3 Å². The van der Waals surface area contributed by atoms with Crippen molar-refractivity contribution in [3.8, 4) is 0 Å². The summed E-state index contributed by atoms with van der Waals surface area (Å²) < 4.78 is 5.37. The van der Waals surface area contributed by atoms with Crippen LogP contribution in [0.3, 0.4) is 0 Å². The first-order valence-electron chi connectivity index (χ1n) is 7.47. The average Bonchev–Trinajstić information content (AvgIpc) is 2.24. The van der Waals surface area contributed by atoms with Crippen molar-refractivity contribution < 1.29 is 14.3 Å². The molecule has 1 N–H and O–H groups in total. The number of carbonyl (C=O) groups is 2. The Morgan fingerprint density at radius 2 is 1.85 bits per heavy atom. The smallest absolute Gasteiger partial charge is 0.408 e. The normalized spacial score (nSPS) is 38.6. The van der Waals surface area contributed by atoms with Crippen LogP contribution in [0.4, 0.5) is 4.79 Å². The zero-order valence-corrected chi connectivity index (χ0v) is 13.4. The molecule has 3 aliphatic rings. The fourth-order valence-corrected chi connectivity index (χ4v) is 4.14. The minimum absolute atomic E-state index is 0.119. The van der Waals surface area contributed by atoms with Gasteiger partial charge in [-0.05, 0) is 57.8 Å². The van der Waals surface area contributed by atoms with E-state index in [1.807, 2.05) is 27.7 Å². The number of hydrogen-bond donors (Lipinski definition) is 1. The van der Waals surface area contributed by atoms with Crippen molar-refractivity contribution in [2.45, 2.75) is 65.5 Å². The van der Waals surface area contributed by atoms with E-state index in [9.17, 15) is 9.59 Å². The third-order valence-electron chi connectivity index (χ3n) is 5.44. The minimum atomic E-state index is -0.524. The Balaban J connectivity index is 2.17. The van der Waals surface area contributed by atoms with Crippen molar-refractivity contribution in [3.05, 3.63) is 0 Å². The summed E-state index contributed by atoms with van der Waals surface area (Å²) in [7, 11) is 0. The van der Waals surface area contributed by atoms with Gasteiger partial charge < -0.3 is 14.8 Å². The summed E-state index contributed by atoms with van der Waals surface area (Å²) in [6.07, 6.45) is 2.53. The molecule has 0 aromatic carbocycles. The molecule has 3 fully saturated rings. The lowest BCUT2D eigenvalue weighted by atomic mass is 9.41. The van der Waals surface area contributed by atoms with Crippen molar-refractivity contribution in [1.82, 2.24) is 5.32 Å². The average molecular weight is 281 g/mol. The number of alkyl carbamates (subject to hydrolysis) is 1. The van der Waals surface area contributed by atoms with Gasteiger partial charge in [-0.15, -0.1) is 0 Å². The maximum absolute atomic E-state index is 12.1. The first-order chi connectivity index (χ1) is 9.00. The van der Waals surface area contributed by atoms with Crippen molar-refractivity contribution >= 4 is 12.4 Å². The monoisotopic (exact) mass is 281 g/mol. The second kappa shape index (κ2) is 4.47. The maximum atomic E-state index is 12.1. The first-order valence-corrected chi connectivity index (χ1v) is 7.47.